The molecule has 1 atom stereocenters. The van der Waals surface area contributed by atoms with Gasteiger partial charge in [-0.05, 0) is 45.7 Å². The summed E-state index contributed by atoms with van der Waals surface area (Å²) >= 11 is 0. The number of carbonyl (C=O) groups excluding carboxylic acids is 1. The lowest BCUT2D eigenvalue weighted by Crippen LogP contribution is -2.36. The summed E-state index contributed by atoms with van der Waals surface area (Å²) in [6.45, 7) is 7.93. The van der Waals surface area contributed by atoms with E-state index in [1.165, 1.54) is 0 Å². The minimum absolute atomic E-state index is 0.0203. The first-order chi connectivity index (χ1) is 10.3. The van der Waals surface area contributed by atoms with E-state index >= 15 is 0 Å². The van der Waals surface area contributed by atoms with Crippen molar-refractivity contribution in [2.24, 2.45) is 0 Å². The second-order valence-electron chi connectivity index (χ2n) is 7.02. The fraction of sp³-hybridized carbons (Fsp3) is 0.647. The molecule has 0 saturated carbocycles. The first kappa shape index (κ1) is 16.7. The van der Waals surface area contributed by atoms with E-state index in [-0.39, 0.29) is 11.5 Å². The van der Waals surface area contributed by atoms with E-state index in [1.807, 2.05) is 12.1 Å². The number of anilines is 1. The Morgan fingerprint density at radius 2 is 2.14 bits per heavy atom. The van der Waals surface area contributed by atoms with Gasteiger partial charge in [0.05, 0.1) is 23.8 Å². The highest BCUT2D eigenvalue weighted by Crippen LogP contribution is 2.25. The van der Waals surface area contributed by atoms with Gasteiger partial charge < -0.3 is 14.5 Å². The molecule has 1 saturated heterocycles. The van der Waals surface area contributed by atoms with Gasteiger partial charge in [-0.15, -0.1) is 0 Å². The molecule has 0 bridgehead atoms. The highest BCUT2D eigenvalue weighted by Gasteiger charge is 2.27. The Hall–Kier alpha value is -1.62. The fourth-order valence-electron chi connectivity index (χ4n) is 2.60. The van der Waals surface area contributed by atoms with Gasteiger partial charge in [0.2, 0.25) is 0 Å². The molecule has 1 aliphatic rings. The molecule has 2 heterocycles. The van der Waals surface area contributed by atoms with Gasteiger partial charge in [0.25, 0.3) is 5.91 Å². The molecule has 0 unspecified atom stereocenters. The predicted molar refractivity (Wildman–Crippen MR) is 88.3 cm³/mol. The van der Waals surface area contributed by atoms with Crippen LogP contribution in [0.25, 0.3) is 0 Å². The molecule has 0 radical (unpaired) electrons. The Morgan fingerprint density at radius 3 is 2.68 bits per heavy atom. The molecule has 0 aliphatic carbocycles. The van der Waals surface area contributed by atoms with Gasteiger partial charge in [0.1, 0.15) is 5.82 Å². The standard InChI is InChI=1S/C17H27N3O2/c1-17(2,3)22-12-14-7-6-10-20(14)15-9-8-13(11-18-15)16(21)19(4)5/h8-9,11,14H,6-7,10,12H2,1-5H3/t14-/m1/s1. The number of rotatable bonds is 4. The molecule has 1 aromatic rings. The SMILES string of the molecule is CN(C)C(=O)c1ccc(N2CCC[C@@H]2COC(C)(C)C)nc1. The van der Waals surface area contributed by atoms with E-state index in [0.717, 1.165) is 25.2 Å². The van der Waals surface area contributed by atoms with Gasteiger partial charge in [0.15, 0.2) is 0 Å². The quantitative estimate of drug-likeness (QED) is 0.857. The van der Waals surface area contributed by atoms with Crippen LogP contribution in [0.15, 0.2) is 18.3 Å². The van der Waals surface area contributed by atoms with Crippen molar-refractivity contribution in [1.29, 1.82) is 0 Å². The number of amides is 1. The zero-order valence-corrected chi connectivity index (χ0v) is 14.3. The molecular formula is C17H27N3O2. The molecule has 122 valence electrons. The Kier molecular flexibility index (Phi) is 5.06. The van der Waals surface area contributed by atoms with Crippen LogP contribution in [0, 0.1) is 0 Å². The molecule has 1 fully saturated rings. The minimum Gasteiger partial charge on any atom is -0.374 e. The number of carbonyl (C=O) groups is 1. The summed E-state index contributed by atoms with van der Waals surface area (Å²) in [6, 6.07) is 4.15. The average molecular weight is 305 g/mol. The van der Waals surface area contributed by atoms with Crippen LogP contribution in [0.5, 0.6) is 0 Å². The zero-order valence-electron chi connectivity index (χ0n) is 14.3. The normalized spacial score (nSPS) is 18.6. The van der Waals surface area contributed by atoms with E-state index in [4.69, 9.17) is 4.74 Å². The highest BCUT2D eigenvalue weighted by molar-refractivity contribution is 5.93. The van der Waals surface area contributed by atoms with Crippen molar-refractivity contribution >= 4 is 11.7 Å². The van der Waals surface area contributed by atoms with Gasteiger partial charge >= 0.3 is 0 Å². The second kappa shape index (κ2) is 6.65. The first-order valence-electron chi connectivity index (χ1n) is 7.86. The molecule has 1 aromatic heterocycles. The van der Waals surface area contributed by atoms with E-state index in [2.05, 4.69) is 30.7 Å². The second-order valence-corrected chi connectivity index (χ2v) is 7.02. The molecule has 0 aromatic carbocycles. The highest BCUT2D eigenvalue weighted by atomic mass is 16.5. The maximum Gasteiger partial charge on any atom is 0.254 e. The van der Waals surface area contributed by atoms with Crippen LogP contribution in [0.1, 0.15) is 44.0 Å². The summed E-state index contributed by atoms with van der Waals surface area (Å²) in [7, 11) is 3.49. The molecule has 0 spiro atoms. The maximum atomic E-state index is 11.9. The van der Waals surface area contributed by atoms with Crippen molar-refractivity contribution in [2.75, 3.05) is 32.1 Å². The largest absolute Gasteiger partial charge is 0.374 e. The van der Waals surface area contributed by atoms with Gasteiger partial charge in [-0.2, -0.15) is 0 Å². The van der Waals surface area contributed by atoms with Gasteiger partial charge in [0, 0.05) is 26.8 Å². The van der Waals surface area contributed by atoms with E-state index < -0.39 is 0 Å². The van der Waals surface area contributed by atoms with Crippen LogP contribution < -0.4 is 4.90 Å². The predicted octanol–water partition coefficient (Wildman–Crippen LogP) is 2.57. The van der Waals surface area contributed by atoms with Gasteiger partial charge in [-0.3, -0.25) is 4.79 Å². The van der Waals surface area contributed by atoms with E-state index in [1.54, 1.807) is 25.2 Å². The van der Waals surface area contributed by atoms with E-state index in [9.17, 15) is 4.79 Å². The molecular weight excluding hydrogens is 278 g/mol. The Bertz CT molecular complexity index is 506. The minimum atomic E-state index is -0.121. The number of hydrogen-bond acceptors (Lipinski definition) is 4. The molecule has 5 heteroatoms. The smallest absolute Gasteiger partial charge is 0.254 e. The lowest BCUT2D eigenvalue weighted by atomic mass is 10.1. The number of aromatic nitrogens is 1. The molecule has 5 nitrogen and oxygen atoms in total. The third kappa shape index (κ3) is 4.19. The molecule has 22 heavy (non-hydrogen) atoms. The van der Waals surface area contributed by atoms with Crippen molar-refractivity contribution in [3.63, 3.8) is 0 Å². The number of nitrogens with zero attached hydrogens (tertiary/aromatic N) is 3. The summed E-state index contributed by atoms with van der Waals surface area (Å²) < 4.78 is 5.93. The van der Waals surface area contributed by atoms with Crippen LogP contribution in [0.3, 0.4) is 0 Å². The van der Waals surface area contributed by atoms with Crippen molar-refractivity contribution in [2.45, 2.75) is 45.3 Å². The summed E-state index contributed by atoms with van der Waals surface area (Å²) in [5.74, 6) is 0.906. The van der Waals surface area contributed by atoms with Gasteiger partial charge in [-0.25, -0.2) is 4.98 Å². The Labute approximate surface area is 133 Å². The van der Waals surface area contributed by atoms with Crippen molar-refractivity contribution in [3.8, 4) is 0 Å². The summed E-state index contributed by atoms with van der Waals surface area (Å²) in [4.78, 5) is 20.2. The third-order valence-electron chi connectivity index (χ3n) is 3.78. The van der Waals surface area contributed by atoms with Crippen LogP contribution in [-0.4, -0.2) is 54.7 Å². The molecule has 0 N–H and O–H groups in total. The lowest BCUT2D eigenvalue weighted by Gasteiger charge is -2.29. The Morgan fingerprint density at radius 1 is 1.41 bits per heavy atom. The van der Waals surface area contributed by atoms with Crippen molar-refractivity contribution < 1.29 is 9.53 Å². The van der Waals surface area contributed by atoms with Crippen LogP contribution in [0.2, 0.25) is 0 Å². The average Bonchev–Trinajstić information content (AvgIpc) is 2.92. The van der Waals surface area contributed by atoms with Crippen molar-refractivity contribution in [3.05, 3.63) is 23.9 Å². The van der Waals surface area contributed by atoms with Crippen LogP contribution in [0.4, 0.5) is 5.82 Å². The summed E-state index contributed by atoms with van der Waals surface area (Å²) in [6.07, 6.45) is 3.94. The zero-order chi connectivity index (χ0) is 16.3. The monoisotopic (exact) mass is 305 g/mol. The topological polar surface area (TPSA) is 45.7 Å². The first-order valence-corrected chi connectivity index (χ1v) is 7.86. The number of ether oxygens (including phenoxy) is 1. The maximum absolute atomic E-state index is 11.9. The molecule has 2 rings (SSSR count). The summed E-state index contributed by atoms with van der Waals surface area (Å²) in [5.41, 5.74) is 0.499. The van der Waals surface area contributed by atoms with Crippen LogP contribution >= 0.6 is 0 Å². The number of pyridine rings is 1. The molecule has 1 amide bonds. The lowest BCUT2D eigenvalue weighted by molar-refractivity contribution is -0.00940. The number of hydrogen-bond donors (Lipinski definition) is 0. The van der Waals surface area contributed by atoms with Crippen molar-refractivity contribution in [1.82, 2.24) is 9.88 Å². The van der Waals surface area contributed by atoms with Gasteiger partial charge in [-0.1, -0.05) is 0 Å². The van der Waals surface area contributed by atoms with E-state index in [0.29, 0.717) is 18.2 Å². The fourth-order valence-corrected chi connectivity index (χ4v) is 2.60. The molecule has 1 aliphatic heterocycles. The Balaban J connectivity index is 2.05. The van der Waals surface area contributed by atoms with Crippen LogP contribution in [-0.2, 0) is 4.74 Å². The third-order valence-corrected chi connectivity index (χ3v) is 3.78. The summed E-state index contributed by atoms with van der Waals surface area (Å²) in [5, 5.41) is 0.